The predicted octanol–water partition coefficient (Wildman–Crippen LogP) is 5.42. The van der Waals surface area contributed by atoms with Crippen LogP contribution in [-0.4, -0.2) is 11.0 Å². The first kappa shape index (κ1) is 15.5. The van der Waals surface area contributed by atoms with Crippen LogP contribution in [-0.2, 0) is 0 Å². The minimum Gasteiger partial charge on any atom is -0.308 e. The minimum atomic E-state index is -0.333. The first-order chi connectivity index (χ1) is 11.1. The Morgan fingerprint density at radius 3 is 2.43 bits per heavy atom. The Labute approximate surface area is 143 Å². The van der Waals surface area contributed by atoms with E-state index in [-0.39, 0.29) is 6.03 Å². The molecule has 3 aromatic rings. The molecular formula is C17H14ClN3OS. The van der Waals surface area contributed by atoms with E-state index >= 15 is 0 Å². The van der Waals surface area contributed by atoms with Gasteiger partial charge in [-0.15, -0.1) is 11.3 Å². The first-order valence-electron chi connectivity index (χ1n) is 6.98. The van der Waals surface area contributed by atoms with Gasteiger partial charge in [0.1, 0.15) is 0 Å². The Kier molecular flexibility index (Phi) is 4.60. The van der Waals surface area contributed by atoms with E-state index in [0.717, 1.165) is 16.1 Å². The van der Waals surface area contributed by atoms with Gasteiger partial charge in [-0.25, -0.2) is 9.78 Å². The van der Waals surface area contributed by atoms with Crippen LogP contribution in [0.5, 0.6) is 0 Å². The van der Waals surface area contributed by atoms with E-state index < -0.39 is 0 Å². The van der Waals surface area contributed by atoms with Crippen LogP contribution in [0.3, 0.4) is 0 Å². The summed E-state index contributed by atoms with van der Waals surface area (Å²) in [6, 6.07) is 16.5. The fourth-order valence-corrected chi connectivity index (χ4v) is 3.06. The summed E-state index contributed by atoms with van der Waals surface area (Å²) >= 11 is 7.27. The monoisotopic (exact) mass is 343 g/mol. The van der Waals surface area contributed by atoms with E-state index in [0.29, 0.717) is 15.8 Å². The van der Waals surface area contributed by atoms with Gasteiger partial charge in [-0.2, -0.15) is 0 Å². The number of hydrogen-bond donors (Lipinski definition) is 2. The van der Waals surface area contributed by atoms with Crippen molar-refractivity contribution in [2.45, 2.75) is 6.92 Å². The van der Waals surface area contributed by atoms with Gasteiger partial charge in [0.05, 0.1) is 5.69 Å². The summed E-state index contributed by atoms with van der Waals surface area (Å²) < 4.78 is 0. The van der Waals surface area contributed by atoms with Crippen LogP contribution in [0, 0.1) is 6.92 Å². The maximum Gasteiger partial charge on any atom is 0.325 e. The Balaban J connectivity index is 1.71. The number of amides is 2. The summed E-state index contributed by atoms with van der Waals surface area (Å²) in [6.07, 6.45) is 0. The molecule has 0 aliphatic heterocycles. The number of urea groups is 1. The number of carbonyl (C=O) groups is 1. The molecule has 6 heteroatoms. The average Bonchev–Trinajstić information content (AvgIpc) is 2.91. The van der Waals surface area contributed by atoms with E-state index in [4.69, 9.17) is 11.6 Å². The standard InChI is InChI=1S/C17H14ClN3OS/c1-11-15(12-5-3-2-4-6-12)20-17(23-11)21-16(22)19-14-9-7-13(18)8-10-14/h2-10H,1H3,(H2,19,20,21,22). The zero-order valence-electron chi connectivity index (χ0n) is 12.3. The molecule has 4 nitrogen and oxygen atoms in total. The zero-order chi connectivity index (χ0) is 16.2. The van der Waals surface area contributed by atoms with Crippen molar-refractivity contribution >= 4 is 39.8 Å². The normalized spacial score (nSPS) is 10.3. The molecule has 116 valence electrons. The van der Waals surface area contributed by atoms with Crippen LogP contribution in [0.25, 0.3) is 11.3 Å². The molecule has 0 unspecified atom stereocenters. The quantitative estimate of drug-likeness (QED) is 0.667. The summed E-state index contributed by atoms with van der Waals surface area (Å²) in [7, 11) is 0. The number of rotatable bonds is 3. The number of hydrogen-bond acceptors (Lipinski definition) is 3. The van der Waals surface area contributed by atoms with E-state index in [2.05, 4.69) is 15.6 Å². The molecule has 0 bridgehead atoms. The van der Waals surface area contributed by atoms with Crippen molar-refractivity contribution in [2.75, 3.05) is 10.6 Å². The molecule has 3 rings (SSSR count). The minimum absolute atomic E-state index is 0.333. The third-order valence-corrected chi connectivity index (χ3v) is 4.30. The van der Waals surface area contributed by atoms with Gasteiger partial charge in [0, 0.05) is 21.2 Å². The molecule has 23 heavy (non-hydrogen) atoms. The van der Waals surface area contributed by atoms with Crippen molar-refractivity contribution in [3.05, 3.63) is 64.5 Å². The molecule has 0 saturated carbocycles. The number of carbonyl (C=O) groups excluding carboxylic acids is 1. The lowest BCUT2D eigenvalue weighted by molar-refractivity contribution is 0.262. The third-order valence-electron chi connectivity index (χ3n) is 3.17. The lowest BCUT2D eigenvalue weighted by atomic mass is 10.1. The largest absolute Gasteiger partial charge is 0.325 e. The van der Waals surface area contributed by atoms with E-state index in [9.17, 15) is 4.79 Å². The Bertz CT molecular complexity index is 816. The van der Waals surface area contributed by atoms with Crippen molar-refractivity contribution in [1.29, 1.82) is 0 Å². The second-order valence-corrected chi connectivity index (χ2v) is 6.52. The van der Waals surface area contributed by atoms with Crippen LogP contribution in [0.2, 0.25) is 5.02 Å². The smallest absolute Gasteiger partial charge is 0.308 e. The van der Waals surface area contributed by atoms with Gasteiger partial charge < -0.3 is 5.32 Å². The maximum atomic E-state index is 12.0. The Morgan fingerprint density at radius 1 is 1.04 bits per heavy atom. The number of anilines is 2. The van der Waals surface area contributed by atoms with Gasteiger partial charge in [0.15, 0.2) is 5.13 Å². The van der Waals surface area contributed by atoms with E-state index in [1.54, 1.807) is 24.3 Å². The van der Waals surface area contributed by atoms with Gasteiger partial charge in [-0.1, -0.05) is 41.9 Å². The highest BCUT2D eigenvalue weighted by Crippen LogP contribution is 2.30. The molecular weight excluding hydrogens is 330 g/mol. The van der Waals surface area contributed by atoms with Crippen molar-refractivity contribution < 1.29 is 4.79 Å². The number of nitrogens with zero attached hydrogens (tertiary/aromatic N) is 1. The average molecular weight is 344 g/mol. The molecule has 2 amide bonds. The zero-order valence-corrected chi connectivity index (χ0v) is 13.9. The van der Waals surface area contributed by atoms with Crippen molar-refractivity contribution in [3.8, 4) is 11.3 Å². The molecule has 1 heterocycles. The summed E-state index contributed by atoms with van der Waals surface area (Å²) in [4.78, 5) is 17.6. The van der Waals surface area contributed by atoms with Crippen molar-refractivity contribution in [3.63, 3.8) is 0 Å². The molecule has 1 aromatic heterocycles. The Morgan fingerprint density at radius 2 is 1.74 bits per heavy atom. The van der Waals surface area contributed by atoms with Crippen LogP contribution in [0.15, 0.2) is 54.6 Å². The Hall–Kier alpha value is -2.37. The first-order valence-corrected chi connectivity index (χ1v) is 8.18. The lowest BCUT2D eigenvalue weighted by Gasteiger charge is -2.05. The second-order valence-electron chi connectivity index (χ2n) is 4.88. The SMILES string of the molecule is Cc1sc(NC(=O)Nc2ccc(Cl)cc2)nc1-c1ccccc1. The highest BCUT2D eigenvalue weighted by atomic mass is 35.5. The molecule has 2 N–H and O–H groups in total. The lowest BCUT2D eigenvalue weighted by Crippen LogP contribution is -2.19. The maximum absolute atomic E-state index is 12.0. The van der Waals surface area contributed by atoms with Gasteiger partial charge in [0.25, 0.3) is 0 Å². The summed E-state index contributed by atoms with van der Waals surface area (Å²) in [5, 5.41) is 6.69. The van der Waals surface area contributed by atoms with Crippen molar-refractivity contribution in [2.24, 2.45) is 0 Å². The summed E-state index contributed by atoms with van der Waals surface area (Å²) in [6.45, 7) is 1.99. The predicted molar refractivity (Wildman–Crippen MR) is 96.4 cm³/mol. The fourth-order valence-electron chi connectivity index (χ4n) is 2.11. The highest BCUT2D eigenvalue weighted by Gasteiger charge is 2.11. The van der Waals surface area contributed by atoms with Gasteiger partial charge in [0.2, 0.25) is 0 Å². The molecule has 0 fully saturated rings. The van der Waals surface area contributed by atoms with Gasteiger partial charge in [-0.3, -0.25) is 5.32 Å². The van der Waals surface area contributed by atoms with Crippen molar-refractivity contribution in [1.82, 2.24) is 4.98 Å². The second kappa shape index (κ2) is 6.81. The summed E-state index contributed by atoms with van der Waals surface area (Å²) in [5.41, 5.74) is 2.59. The van der Waals surface area contributed by atoms with Crippen LogP contribution >= 0.6 is 22.9 Å². The van der Waals surface area contributed by atoms with Crippen LogP contribution in [0.1, 0.15) is 4.88 Å². The van der Waals surface area contributed by atoms with E-state index in [1.807, 2.05) is 37.3 Å². The highest BCUT2D eigenvalue weighted by molar-refractivity contribution is 7.16. The number of benzene rings is 2. The topological polar surface area (TPSA) is 54.0 Å². The number of thiazole rings is 1. The van der Waals surface area contributed by atoms with Gasteiger partial charge in [-0.05, 0) is 31.2 Å². The summed E-state index contributed by atoms with van der Waals surface area (Å²) in [5.74, 6) is 0. The number of nitrogens with one attached hydrogen (secondary N) is 2. The fraction of sp³-hybridized carbons (Fsp3) is 0.0588. The molecule has 0 aliphatic rings. The van der Waals surface area contributed by atoms with E-state index in [1.165, 1.54) is 11.3 Å². The number of aryl methyl sites for hydroxylation is 1. The molecule has 0 spiro atoms. The molecule has 2 aromatic carbocycles. The molecule has 0 saturated heterocycles. The number of halogens is 1. The van der Waals surface area contributed by atoms with Crippen LogP contribution in [0.4, 0.5) is 15.6 Å². The van der Waals surface area contributed by atoms with Crippen LogP contribution < -0.4 is 10.6 Å². The molecule has 0 aliphatic carbocycles. The number of aromatic nitrogens is 1. The van der Waals surface area contributed by atoms with Gasteiger partial charge >= 0.3 is 6.03 Å². The molecule has 0 atom stereocenters. The molecule has 0 radical (unpaired) electrons. The third kappa shape index (κ3) is 3.88.